The van der Waals surface area contributed by atoms with Crippen molar-refractivity contribution in [2.45, 2.75) is 0 Å². The van der Waals surface area contributed by atoms with Crippen molar-refractivity contribution in [3.05, 3.63) is 60.2 Å². The Morgan fingerprint density at radius 2 is 1.72 bits per heavy atom. The van der Waals surface area contributed by atoms with Crippen molar-refractivity contribution in [2.24, 2.45) is 0 Å². The van der Waals surface area contributed by atoms with Crippen LogP contribution in [-0.4, -0.2) is 11.1 Å². The van der Waals surface area contributed by atoms with Crippen LogP contribution in [0.1, 0.15) is 10.4 Å². The lowest BCUT2D eigenvalue weighted by Gasteiger charge is -1.98. The number of carboxylic acid groups (broad SMARTS) is 1. The molecule has 3 aromatic rings. The molecule has 0 saturated carbocycles. The van der Waals surface area contributed by atoms with Crippen LogP contribution in [0.4, 0.5) is 0 Å². The Kier molecular flexibility index (Phi) is 2.61. The fraction of sp³-hybridized carbons (Fsp3) is 0. The normalized spacial score (nSPS) is 10.7. The summed E-state index contributed by atoms with van der Waals surface area (Å²) in [5.41, 5.74) is 1.38. The van der Waals surface area contributed by atoms with Gasteiger partial charge in [0, 0.05) is 9.58 Å². The highest BCUT2D eigenvalue weighted by molar-refractivity contribution is 7.22. The molecular formula is C15H10O2S. The lowest BCUT2D eigenvalue weighted by Crippen LogP contribution is -1.94. The summed E-state index contributed by atoms with van der Waals surface area (Å²) in [6.45, 7) is 0. The van der Waals surface area contributed by atoms with E-state index in [4.69, 9.17) is 5.11 Å². The molecule has 1 aromatic heterocycles. The van der Waals surface area contributed by atoms with Crippen molar-refractivity contribution >= 4 is 27.4 Å². The maximum atomic E-state index is 10.8. The second-order valence-electron chi connectivity index (χ2n) is 4.03. The molecule has 1 heterocycles. The van der Waals surface area contributed by atoms with Gasteiger partial charge in [0.15, 0.2) is 0 Å². The second kappa shape index (κ2) is 4.27. The number of benzene rings is 2. The molecule has 18 heavy (non-hydrogen) atoms. The summed E-state index contributed by atoms with van der Waals surface area (Å²) in [6, 6.07) is 17.3. The molecule has 0 amide bonds. The molecule has 0 atom stereocenters. The minimum atomic E-state index is -0.891. The van der Waals surface area contributed by atoms with E-state index >= 15 is 0 Å². The van der Waals surface area contributed by atoms with Gasteiger partial charge in [-0.1, -0.05) is 30.3 Å². The largest absolute Gasteiger partial charge is 0.478 e. The smallest absolute Gasteiger partial charge is 0.335 e. The van der Waals surface area contributed by atoms with E-state index in [2.05, 4.69) is 18.2 Å². The molecule has 3 rings (SSSR count). The van der Waals surface area contributed by atoms with Crippen molar-refractivity contribution in [1.29, 1.82) is 0 Å². The molecule has 0 aliphatic heterocycles. The highest BCUT2D eigenvalue weighted by Crippen LogP contribution is 2.33. The zero-order chi connectivity index (χ0) is 12.5. The molecule has 0 radical (unpaired) electrons. The summed E-state index contributed by atoms with van der Waals surface area (Å²) in [7, 11) is 0. The number of hydrogen-bond acceptors (Lipinski definition) is 2. The molecule has 0 aliphatic rings. The molecule has 0 spiro atoms. The van der Waals surface area contributed by atoms with E-state index in [-0.39, 0.29) is 0 Å². The van der Waals surface area contributed by atoms with Gasteiger partial charge in [-0.25, -0.2) is 4.79 Å². The Balaban J connectivity index is 2.06. The van der Waals surface area contributed by atoms with Crippen LogP contribution < -0.4 is 0 Å². The van der Waals surface area contributed by atoms with Gasteiger partial charge in [0.2, 0.25) is 0 Å². The maximum Gasteiger partial charge on any atom is 0.335 e. The first kappa shape index (κ1) is 11.0. The number of rotatable bonds is 2. The Morgan fingerprint density at radius 3 is 2.39 bits per heavy atom. The molecule has 0 aliphatic carbocycles. The van der Waals surface area contributed by atoms with Gasteiger partial charge in [0.1, 0.15) is 0 Å². The van der Waals surface area contributed by atoms with Crippen LogP contribution in [0.5, 0.6) is 0 Å². The molecule has 2 nitrogen and oxygen atoms in total. The number of thiophene rings is 1. The van der Waals surface area contributed by atoms with Crippen LogP contribution in [0.3, 0.4) is 0 Å². The minimum Gasteiger partial charge on any atom is -0.478 e. The zero-order valence-electron chi connectivity index (χ0n) is 9.46. The summed E-state index contributed by atoms with van der Waals surface area (Å²) in [6.07, 6.45) is 0. The second-order valence-corrected chi connectivity index (χ2v) is 5.11. The van der Waals surface area contributed by atoms with Gasteiger partial charge in [-0.3, -0.25) is 0 Å². The van der Waals surface area contributed by atoms with Crippen LogP contribution >= 0.6 is 11.3 Å². The first-order valence-corrected chi connectivity index (χ1v) is 6.38. The van der Waals surface area contributed by atoms with Gasteiger partial charge in [0.25, 0.3) is 0 Å². The van der Waals surface area contributed by atoms with Gasteiger partial charge in [-0.05, 0) is 35.2 Å². The van der Waals surface area contributed by atoms with Gasteiger partial charge in [0.05, 0.1) is 5.56 Å². The SMILES string of the molecule is O=C(O)c1ccc(-c2cc3ccccc3s2)cc1. The fourth-order valence-electron chi connectivity index (χ4n) is 1.90. The highest BCUT2D eigenvalue weighted by atomic mass is 32.1. The molecule has 0 unspecified atom stereocenters. The molecule has 3 heteroatoms. The van der Waals surface area contributed by atoms with E-state index in [9.17, 15) is 4.79 Å². The summed E-state index contributed by atoms with van der Waals surface area (Å²) < 4.78 is 1.25. The number of hydrogen-bond donors (Lipinski definition) is 1. The van der Waals surface area contributed by atoms with E-state index in [0.717, 1.165) is 10.4 Å². The third kappa shape index (κ3) is 1.89. The third-order valence-corrected chi connectivity index (χ3v) is 4.01. The average molecular weight is 254 g/mol. The number of fused-ring (bicyclic) bond motifs is 1. The predicted octanol–water partition coefficient (Wildman–Crippen LogP) is 4.27. The van der Waals surface area contributed by atoms with Crippen LogP contribution in [0, 0.1) is 0 Å². The Hall–Kier alpha value is -2.13. The molecule has 2 aromatic carbocycles. The van der Waals surface area contributed by atoms with Crippen molar-refractivity contribution in [3.8, 4) is 10.4 Å². The van der Waals surface area contributed by atoms with Gasteiger partial charge < -0.3 is 5.11 Å². The summed E-state index contributed by atoms with van der Waals surface area (Å²) in [5.74, 6) is -0.891. The molecular weight excluding hydrogens is 244 g/mol. The Morgan fingerprint density at radius 1 is 1.00 bits per heavy atom. The van der Waals surface area contributed by atoms with E-state index in [1.165, 1.54) is 10.1 Å². The van der Waals surface area contributed by atoms with E-state index < -0.39 is 5.97 Å². The van der Waals surface area contributed by atoms with E-state index in [1.807, 2.05) is 24.3 Å². The first-order valence-electron chi connectivity index (χ1n) is 5.56. The topological polar surface area (TPSA) is 37.3 Å². The van der Waals surface area contributed by atoms with Crippen molar-refractivity contribution in [1.82, 2.24) is 0 Å². The van der Waals surface area contributed by atoms with E-state index in [0.29, 0.717) is 5.56 Å². The highest BCUT2D eigenvalue weighted by Gasteiger charge is 2.06. The molecule has 0 saturated heterocycles. The van der Waals surface area contributed by atoms with Gasteiger partial charge >= 0.3 is 5.97 Å². The lowest BCUT2D eigenvalue weighted by molar-refractivity contribution is 0.0697. The van der Waals surface area contributed by atoms with Crippen molar-refractivity contribution in [3.63, 3.8) is 0 Å². The summed E-state index contributed by atoms with van der Waals surface area (Å²) in [4.78, 5) is 12.0. The summed E-state index contributed by atoms with van der Waals surface area (Å²) >= 11 is 1.72. The quantitative estimate of drug-likeness (QED) is 0.741. The number of aromatic carboxylic acids is 1. The fourth-order valence-corrected chi connectivity index (χ4v) is 2.97. The van der Waals surface area contributed by atoms with Crippen LogP contribution in [-0.2, 0) is 0 Å². The van der Waals surface area contributed by atoms with Crippen LogP contribution in [0.25, 0.3) is 20.5 Å². The first-order chi connectivity index (χ1) is 8.74. The van der Waals surface area contributed by atoms with Gasteiger partial charge in [-0.15, -0.1) is 11.3 Å². The summed E-state index contributed by atoms with van der Waals surface area (Å²) in [5, 5.41) is 10.1. The van der Waals surface area contributed by atoms with Crippen LogP contribution in [0.15, 0.2) is 54.6 Å². The third-order valence-electron chi connectivity index (χ3n) is 2.84. The van der Waals surface area contributed by atoms with Crippen molar-refractivity contribution in [2.75, 3.05) is 0 Å². The lowest BCUT2D eigenvalue weighted by atomic mass is 10.1. The Labute approximate surface area is 108 Å². The monoisotopic (exact) mass is 254 g/mol. The number of carboxylic acids is 1. The van der Waals surface area contributed by atoms with E-state index in [1.54, 1.807) is 23.5 Å². The molecule has 0 bridgehead atoms. The molecule has 1 N–H and O–H groups in total. The minimum absolute atomic E-state index is 0.319. The maximum absolute atomic E-state index is 10.8. The Bertz CT molecular complexity index is 678. The molecule has 88 valence electrons. The standard InChI is InChI=1S/C15H10O2S/c16-15(17)11-7-5-10(6-8-11)14-9-12-3-1-2-4-13(12)18-14/h1-9H,(H,16,17). The molecule has 0 fully saturated rings. The average Bonchev–Trinajstić information content (AvgIpc) is 2.82. The van der Waals surface area contributed by atoms with Gasteiger partial charge in [-0.2, -0.15) is 0 Å². The van der Waals surface area contributed by atoms with Crippen LogP contribution in [0.2, 0.25) is 0 Å². The zero-order valence-corrected chi connectivity index (χ0v) is 10.3. The number of carbonyl (C=O) groups is 1. The van der Waals surface area contributed by atoms with Crippen molar-refractivity contribution < 1.29 is 9.90 Å². The predicted molar refractivity (Wildman–Crippen MR) is 74.2 cm³/mol.